The Hall–Kier alpha value is -2.82. The van der Waals surface area contributed by atoms with Gasteiger partial charge in [-0.05, 0) is 37.5 Å². The number of nitrogens with zero attached hydrogens (tertiary/aromatic N) is 1. The molecule has 1 heterocycles. The molecule has 1 saturated heterocycles. The van der Waals surface area contributed by atoms with Crippen molar-refractivity contribution in [3.05, 3.63) is 59.7 Å². The fourth-order valence-corrected chi connectivity index (χ4v) is 3.35. The van der Waals surface area contributed by atoms with Crippen LogP contribution in [-0.4, -0.2) is 43.4 Å². The predicted octanol–water partition coefficient (Wildman–Crippen LogP) is 3.50. The molecule has 0 radical (unpaired) electrons. The Balaban J connectivity index is 1.51. The van der Waals surface area contributed by atoms with Crippen molar-refractivity contribution in [2.75, 3.05) is 26.8 Å². The van der Waals surface area contributed by atoms with Gasteiger partial charge in [-0.25, -0.2) is 0 Å². The summed E-state index contributed by atoms with van der Waals surface area (Å²) in [6.45, 7) is 3.10. The Morgan fingerprint density at radius 2 is 1.74 bits per heavy atom. The van der Waals surface area contributed by atoms with Crippen molar-refractivity contribution in [2.45, 2.75) is 19.8 Å². The molecule has 0 aromatic heterocycles. The van der Waals surface area contributed by atoms with Crippen LogP contribution in [0.5, 0.6) is 11.5 Å². The molecule has 0 spiro atoms. The molecule has 2 aromatic carbocycles. The highest BCUT2D eigenvalue weighted by molar-refractivity contribution is 5.98. The average molecular weight is 367 g/mol. The molecule has 1 aliphatic rings. The molecule has 0 aliphatic carbocycles. The third kappa shape index (κ3) is 4.67. The number of methoxy groups -OCH3 is 1. The topological polar surface area (TPSA) is 55.8 Å². The highest BCUT2D eigenvalue weighted by Gasteiger charge is 2.28. The lowest BCUT2D eigenvalue weighted by molar-refractivity contribution is -0.134. The summed E-state index contributed by atoms with van der Waals surface area (Å²) in [4.78, 5) is 26.8. The molecule has 2 aromatic rings. The molecular formula is C22H25NO4. The Kier molecular flexibility index (Phi) is 6.12. The number of benzene rings is 2. The number of hydrogen-bond donors (Lipinski definition) is 0. The van der Waals surface area contributed by atoms with Crippen molar-refractivity contribution in [1.82, 2.24) is 4.90 Å². The first kappa shape index (κ1) is 19.0. The molecule has 1 amide bonds. The summed E-state index contributed by atoms with van der Waals surface area (Å²) < 4.78 is 11.0. The second kappa shape index (κ2) is 8.71. The Bertz CT molecular complexity index is 795. The zero-order chi connectivity index (χ0) is 19.2. The van der Waals surface area contributed by atoms with E-state index < -0.39 is 0 Å². The van der Waals surface area contributed by atoms with Crippen LogP contribution in [-0.2, 0) is 4.79 Å². The number of rotatable bonds is 6. The molecule has 27 heavy (non-hydrogen) atoms. The quantitative estimate of drug-likeness (QED) is 0.733. The van der Waals surface area contributed by atoms with E-state index in [1.54, 1.807) is 12.0 Å². The van der Waals surface area contributed by atoms with Gasteiger partial charge in [0.25, 0.3) is 5.91 Å². The van der Waals surface area contributed by atoms with Crippen LogP contribution >= 0.6 is 0 Å². The largest absolute Gasteiger partial charge is 0.493 e. The summed E-state index contributed by atoms with van der Waals surface area (Å²) in [6, 6.07) is 15.0. The number of aryl methyl sites for hydroxylation is 1. The number of Topliss-reactive ketones (excluding diaryl/α,β-unsaturated/α-hetero) is 1. The van der Waals surface area contributed by atoms with Crippen LogP contribution in [0.15, 0.2) is 48.5 Å². The van der Waals surface area contributed by atoms with Crippen LogP contribution < -0.4 is 9.47 Å². The molecule has 0 unspecified atom stereocenters. The summed E-state index contributed by atoms with van der Waals surface area (Å²) >= 11 is 0. The van der Waals surface area contributed by atoms with E-state index in [9.17, 15) is 9.59 Å². The average Bonchev–Trinajstić information content (AvgIpc) is 2.72. The second-order valence-corrected chi connectivity index (χ2v) is 6.83. The molecule has 0 saturated carbocycles. The van der Waals surface area contributed by atoms with Crippen molar-refractivity contribution in [3.63, 3.8) is 0 Å². The minimum absolute atomic E-state index is 0.0189. The third-order valence-electron chi connectivity index (χ3n) is 4.95. The first-order valence-corrected chi connectivity index (χ1v) is 9.23. The molecule has 5 nitrogen and oxygen atoms in total. The summed E-state index contributed by atoms with van der Waals surface area (Å²) in [5.74, 6) is 1.27. The smallest absolute Gasteiger partial charge is 0.260 e. The molecule has 0 atom stereocenters. The number of piperidine rings is 1. The van der Waals surface area contributed by atoms with Crippen molar-refractivity contribution in [3.8, 4) is 11.5 Å². The SMILES string of the molecule is COc1cc(C)ccc1OCC(=O)N1CCC(C(=O)c2ccccc2)CC1. The van der Waals surface area contributed by atoms with E-state index in [-0.39, 0.29) is 24.2 Å². The molecule has 3 rings (SSSR count). The van der Waals surface area contributed by atoms with Gasteiger partial charge in [0.05, 0.1) is 7.11 Å². The first-order chi connectivity index (χ1) is 13.1. The van der Waals surface area contributed by atoms with Crippen LogP contribution in [0.4, 0.5) is 0 Å². The van der Waals surface area contributed by atoms with E-state index in [4.69, 9.17) is 9.47 Å². The van der Waals surface area contributed by atoms with Crippen molar-refractivity contribution in [2.24, 2.45) is 5.92 Å². The van der Waals surface area contributed by atoms with Gasteiger partial charge < -0.3 is 14.4 Å². The lowest BCUT2D eigenvalue weighted by atomic mass is 9.89. The predicted molar refractivity (Wildman–Crippen MR) is 103 cm³/mol. The summed E-state index contributed by atoms with van der Waals surface area (Å²) in [6.07, 6.45) is 1.38. The lowest BCUT2D eigenvalue weighted by Gasteiger charge is -2.31. The maximum Gasteiger partial charge on any atom is 0.260 e. The molecule has 1 fully saturated rings. The van der Waals surface area contributed by atoms with Gasteiger partial charge in [-0.2, -0.15) is 0 Å². The van der Waals surface area contributed by atoms with E-state index in [1.807, 2.05) is 55.5 Å². The molecule has 5 heteroatoms. The van der Waals surface area contributed by atoms with Crippen molar-refractivity contribution < 1.29 is 19.1 Å². The molecule has 0 bridgehead atoms. The van der Waals surface area contributed by atoms with E-state index >= 15 is 0 Å². The van der Waals surface area contributed by atoms with Gasteiger partial charge >= 0.3 is 0 Å². The van der Waals surface area contributed by atoms with Gasteiger partial charge in [0, 0.05) is 24.6 Å². The highest BCUT2D eigenvalue weighted by Crippen LogP contribution is 2.28. The number of ether oxygens (including phenoxy) is 2. The summed E-state index contributed by atoms with van der Waals surface area (Å²) in [5, 5.41) is 0. The number of carbonyl (C=O) groups is 2. The van der Waals surface area contributed by atoms with Crippen LogP contribution in [0.1, 0.15) is 28.8 Å². The van der Waals surface area contributed by atoms with Crippen molar-refractivity contribution >= 4 is 11.7 Å². The maximum atomic E-state index is 12.5. The van der Waals surface area contributed by atoms with Crippen LogP contribution in [0.2, 0.25) is 0 Å². The summed E-state index contributed by atoms with van der Waals surface area (Å²) in [5.41, 5.74) is 1.81. The zero-order valence-corrected chi connectivity index (χ0v) is 15.8. The van der Waals surface area contributed by atoms with Crippen LogP contribution in [0, 0.1) is 12.8 Å². The molecular weight excluding hydrogens is 342 g/mol. The van der Waals surface area contributed by atoms with E-state index in [0.29, 0.717) is 37.4 Å². The van der Waals surface area contributed by atoms with Gasteiger partial charge in [0.15, 0.2) is 23.9 Å². The van der Waals surface area contributed by atoms with Gasteiger partial charge in [-0.3, -0.25) is 9.59 Å². The van der Waals surface area contributed by atoms with E-state index in [1.165, 1.54) is 0 Å². The Morgan fingerprint density at radius 1 is 1.04 bits per heavy atom. The summed E-state index contributed by atoms with van der Waals surface area (Å²) in [7, 11) is 1.58. The second-order valence-electron chi connectivity index (χ2n) is 6.83. The van der Waals surface area contributed by atoms with Gasteiger partial charge in [-0.15, -0.1) is 0 Å². The number of amides is 1. The minimum Gasteiger partial charge on any atom is -0.493 e. The monoisotopic (exact) mass is 367 g/mol. The number of hydrogen-bond acceptors (Lipinski definition) is 4. The highest BCUT2D eigenvalue weighted by atomic mass is 16.5. The zero-order valence-electron chi connectivity index (χ0n) is 15.8. The molecule has 142 valence electrons. The minimum atomic E-state index is -0.0664. The lowest BCUT2D eigenvalue weighted by Crippen LogP contribution is -2.42. The Labute approximate surface area is 159 Å². The fourth-order valence-electron chi connectivity index (χ4n) is 3.35. The number of ketones is 1. The Morgan fingerprint density at radius 3 is 2.41 bits per heavy atom. The standard InChI is InChI=1S/C22H25NO4/c1-16-8-9-19(20(14-16)26-2)27-15-21(24)23-12-10-18(11-13-23)22(25)17-6-4-3-5-7-17/h3-9,14,18H,10-13,15H2,1-2H3. The maximum absolute atomic E-state index is 12.5. The third-order valence-corrected chi connectivity index (χ3v) is 4.95. The van der Waals surface area contributed by atoms with Crippen LogP contribution in [0.25, 0.3) is 0 Å². The van der Waals surface area contributed by atoms with E-state index in [0.717, 1.165) is 11.1 Å². The van der Waals surface area contributed by atoms with Gasteiger partial charge in [0.2, 0.25) is 0 Å². The van der Waals surface area contributed by atoms with E-state index in [2.05, 4.69) is 0 Å². The molecule has 1 aliphatic heterocycles. The number of carbonyl (C=O) groups excluding carboxylic acids is 2. The number of likely N-dealkylation sites (tertiary alicyclic amines) is 1. The first-order valence-electron chi connectivity index (χ1n) is 9.23. The van der Waals surface area contributed by atoms with Gasteiger partial charge in [-0.1, -0.05) is 36.4 Å². The van der Waals surface area contributed by atoms with Crippen molar-refractivity contribution in [1.29, 1.82) is 0 Å². The molecule has 0 N–H and O–H groups in total. The normalized spacial score (nSPS) is 14.7. The fraction of sp³-hybridized carbons (Fsp3) is 0.364. The van der Waals surface area contributed by atoms with Crippen LogP contribution in [0.3, 0.4) is 0 Å². The van der Waals surface area contributed by atoms with Gasteiger partial charge in [0.1, 0.15) is 0 Å².